The summed E-state index contributed by atoms with van der Waals surface area (Å²) in [5, 5.41) is 2.84. The molecule has 1 N–H and O–H groups in total. The maximum Gasteiger partial charge on any atom is 0.415 e. The number of carbonyl (C=O) groups excluding carboxylic acids is 3. The van der Waals surface area contributed by atoms with Crippen molar-refractivity contribution < 1.29 is 28.6 Å². The molecule has 1 aromatic carbocycles. The van der Waals surface area contributed by atoms with Gasteiger partial charge in [0.15, 0.2) is 0 Å². The molecule has 3 amide bonds. The fraction of sp³-hybridized carbons (Fsp3) is 0.381. The van der Waals surface area contributed by atoms with Crippen LogP contribution in [0.15, 0.2) is 30.3 Å². The quantitative estimate of drug-likeness (QED) is 0.776. The van der Waals surface area contributed by atoms with E-state index >= 15 is 0 Å². The van der Waals surface area contributed by atoms with Gasteiger partial charge in [0, 0.05) is 23.2 Å². The zero-order valence-corrected chi connectivity index (χ0v) is 17.6. The molecule has 0 aliphatic carbocycles. The molecule has 162 valence electrons. The molecule has 0 saturated carbocycles. The van der Waals surface area contributed by atoms with E-state index < -0.39 is 12.2 Å². The van der Waals surface area contributed by atoms with Gasteiger partial charge in [0.2, 0.25) is 0 Å². The molecule has 0 unspecified atom stereocenters. The zero-order valence-electron chi connectivity index (χ0n) is 16.8. The summed E-state index contributed by atoms with van der Waals surface area (Å²) in [7, 11) is 0. The lowest BCUT2D eigenvalue weighted by Crippen LogP contribution is -2.48. The number of benzene rings is 1. The second-order valence-corrected chi connectivity index (χ2v) is 8.83. The number of amides is 3. The summed E-state index contributed by atoms with van der Waals surface area (Å²) in [6.07, 6.45) is -0.998. The van der Waals surface area contributed by atoms with E-state index in [4.69, 9.17) is 14.2 Å². The number of thiophene rings is 1. The Bertz CT molecular complexity index is 1050. The highest BCUT2D eigenvalue weighted by Gasteiger charge is 2.46. The smallest absolute Gasteiger partial charge is 0.415 e. The Kier molecular flexibility index (Phi) is 5.03. The Morgan fingerprint density at radius 3 is 2.90 bits per heavy atom. The SMILES string of the molecule is Cc1ccc(C(=O)NC[C@@H]2OC(=O)N3c4ccc(N5CCOCC5=O)cc4OC[C@@H]23)s1. The Morgan fingerprint density at radius 1 is 1.26 bits per heavy atom. The van der Waals surface area contributed by atoms with Crippen molar-refractivity contribution in [2.45, 2.75) is 19.1 Å². The number of fused-ring (bicyclic) bond motifs is 3. The number of nitrogens with zero attached hydrogens (tertiary/aromatic N) is 2. The number of aryl methyl sites for hydroxylation is 1. The highest BCUT2D eigenvalue weighted by molar-refractivity contribution is 7.13. The maximum absolute atomic E-state index is 12.6. The van der Waals surface area contributed by atoms with Gasteiger partial charge in [0.1, 0.15) is 31.1 Å². The number of ether oxygens (including phenoxy) is 3. The molecule has 4 heterocycles. The molecule has 2 aromatic rings. The number of nitrogens with one attached hydrogen (secondary N) is 1. The molecule has 31 heavy (non-hydrogen) atoms. The molecule has 10 heteroatoms. The summed E-state index contributed by atoms with van der Waals surface area (Å²) in [5.41, 5.74) is 1.29. The molecular weight excluding hydrogens is 422 g/mol. The van der Waals surface area contributed by atoms with Gasteiger partial charge in [0.25, 0.3) is 11.8 Å². The van der Waals surface area contributed by atoms with E-state index in [0.717, 1.165) is 4.88 Å². The van der Waals surface area contributed by atoms with Crippen molar-refractivity contribution in [3.05, 3.63) is 40.1 Å². The van der Waals surface area contributed by atoms with Crippen LogP contribution in [-0.2, 0) is 14.3 Å². The van der Waals surface area contributed by atoms with Crippen LogP contribution in [0.4, 0.5) is 16.2 Å². The predicted octanol–water partition coefficient (Wildman–Crippen LogP) is 1.94. The van der Waals surface area contributed by atoms with Crippen LogP contribution in [0.5, 0.6) is 5.75 Å². The fourth-order valence-electron chi connectivity index (χ4n) is 3.99. The van der Waals surface area contributed by atoms with Crippen molar-refractivity contribution in [1.29, 1.82) is 0 Å². The Balaban J connectivity index is 1.30. The number of anilines is 2. The third-order valence-corrected chi connectivity index (χ3v) is 6.55. The topological polar surface area (TPSA) is 97.4 Å². The van der Waals surface area contributed by atoms with Gasteiger partial charge in [-0.05, 0) is 31.2 Å². The fourth-order valence-corrected chi connectivity index (χ4v) is 4.78. The standard InChI is InChI=1S/C21H21N3O6S/c1-12-2-5-18(31-12)20(26)22-9-17-15-10-29-16-8-13(23-6-7-28-11-19(23)25)3-4-14(16)24(15)21(27)30-17/h2-5,8,15,17H,6-7,9-11H2,1H3,(H,22,26)/t15-,17-/m0/s1. The van der Waals surface area contributed by atoms with Gasteiger partial charge in [-0.2, -0.15) is 0 Å². The number of cyclic esters (lactones) is 1. The number of hydrogen-bond donors (Lipinski definition) is 1. The summed E-state index contributed by atoms with van der Waals surface area (Å²) in [5.74, 6) is 0.213. The minimum atomic E-state index is -0.522. The lowest BCUT2D eigenvalue weighted by atomic mass is 10.1. The molecule has 0 radical (unpaired) electrons. The summed E-state index contributed by atoms with van der Waals surface area (Å²) < 4.78 is 16.6. The van der Waals surface area contributed by atoms with Gasteiger partial charge in [0.05, 0.1) is 23.7 Å². The summed E-state index contributed by atoms with van der Waals surface area (Å²) >= 11 is 1.41. The van der Waals surface area contributed by atoms with Crippen molar-refractivity contribution in [2.24, 2.45) is 0 Å². The van der Waals surface area contributed by atoms with Crippen LogP contribution in [0, 0.1) is 6.92 Å². The molecular formula is C21H21N3O6S. The first kappa shape index (κ1) is 19.8. The van der Waals surface area contributed by atoms with Crippen LogP contribution in [-0.4, -0.2) is 63.0 Å². The molecule has 5 rings (SSSR count). The van der Waals surface area contributed by atoms with Crippen LogP contribution in [0.3, 0.4) is 0 Å². The second kappa shape index (κ2) is 7.86. The van der Waals surface area contributed by atoms with Crippen molar-refractivity contribution >= 4 is 40.6 Å². The summed E-state index contributed by atoms with van der Waals surface area (Å²) in [6.45, 7) is 3.37. The molecule has 2 atom stereocenters. The first-order valence-corrected chi connectivity index (χ1v) is 10.8. The summed E-state index contributed by atoms with van der Waals surface area (Å²) in [6, 6.07) is 8.63. The lowest BCUT2D eigenvalue weighted by Gasteiger charge is -2.33. The highest BCUT2D eigenvalue weighted by Crippen LogP contribution is 2.41. The van der Waals surface area contributed by atoms with Gasteiger partial charge in [-0.3, -0.25) is 14.5 Å². The monoisotopic (exact) mass is 443 g/mol. The van der Waals surface area contributed by atoms with E-state index in [9.17, 15) is 14.4 Å². The molecule has 0 spiro atoms. The van der Waals surface area contributed by atoms with Gasteiger partial charge in [-0.1, -0.05) is 0 Å². The average Bonchev–Trinajstić information content (AvgIpc) is 3.35. The second-order valence-electron chi connectivity index (χ2n) is 7.54. The van der Waals surface area contributed by atoms with Crippen LogP contribution in [0.1, 0.15) is 14.5 Å². The number of morpholine rings is 1. The van der Waals surface area contributed by atoms with Gasteiger partial charge in [-0.25, -0.2) is 4.79 Å². The minimum Gasteiger partial charge on any atom is -0.489 e. The molecule has 3 aliphatic rings. The largest absolute Gasteiger partial charge is 0.489 e. The van der Waals surface area contributed by atoms with E-state index in [-0.39, 0.29) is 37.6 Å². The van der Waals surface area contributed by atoms with E-state index in [0.29, 0.717) is 35.2 Å². The van der Waals surface area contributed by atoms with Crippen molar-refractivity contribution in [1.82, 2.24) is 5.32 Å². The predicted molar refractivity (Wildman–Crippen MR) is 113 cm³/mol. The molecule has 0 bridgehead atoms. The van der Waals surface area contributed by atoms with Crippen molar-refractivity contribution in [2.75, 3.05) is 42.7 Å². The summed E-state index contributed by atoms with van der Waals surface area (Å²) in [4.78, 5) is 41.9. The van der Waals surface area contributed by atoms with Crippen LogP contribution < -0.4 is 19.9 Å². The Hall–Kier alpha value is -3.11. The minimum absolute atomic E-state index is 0.0525. The van der Waals surface area contributed by atoms with Crippen LogP contribution >= 0.6 is 11.3 Å². The number of hydrogen-bond acceptors (Lipinski definition) is 7. The van der Waals surface area contributed by atoms with E-state index in [1.165, 1.54) is 11.3 Å². The van der Waals surface area contributed by atoms with E-state index in [1.54, 1.807) is 34.1 Å². The maximum atomic E-state index is 12.6. The third-order valence-electron chi connectivity index (χ3n) is 5.55. The Labute approximate surface area is 182 Å². The average molecular weight is 443 g/mol. The zero-order chi connectivity index (χ0) is 21.5. The van der Waals surface area contributed by atoms with Crippen LogP contribution in [0.2, 0.25) is 0 Å². The van der Waals surface area contributed by atoms with Crippen molar-refractivity contribution in [3.63, 3.8) is 0 Å². The third kappa shape index (κ3) is 3.61. The Morgan fingerprint density at radius 2 is 2.13 bits per heavy atom. The number of carbonyl (C=O) groups is 3. The normalized spacial score (nSPS) is 22.5. The first-order valence-electron chi connectivity index (χ1n) is 10.0. The molecule has 3 aliphatic heterocycles. The first-order chi connectivity index (χ1) is 15.0. The van der Waals surface area contributed by atoms with E-state index in [1.807, 2.05) is 13.0 Å². The molecule has 2 saturated heterocycles. The van der Waals surface area contributed by atoms with Gasteiger partial charge >= 0.3 is 6.09 Å². The van der Waals surface area contributed by atoms with Gasteiger partial charge < -0.3 is 24.4 Å². The lowest BCUT2D eigenvalue weighted by molar-refractivity contribution is -0.125. The molecule has 9 nitrogen and oxygen atoms in total. The molecule has 1 aromatic heterocycles. The highest BCUT2D eigenvalue weighted by atomic mass is 32.1. The van der Waals surface area contributed by atoms with Crippen LogP contribution in [0.25, 0.3) is 0 Å². The van der Waals surface area contributed by atoms with Gasteiger partial charge in [-0.15, -0.1) is 11.3 Å². The molecule has 2 fully saturated rings. The number of rotatable bonds is 4. The van der Waals surface area contributed by atoms with Crippen molar-refractivity contribution in [3.8, 4) is 5.75 Å². The van der Waals surface area contributed by atoms with E-state index in [2.05, 4.69) is 5.32 Å².